The van der Waals surface area contributed by atoms with Gasteiger partial charge in [-0.25, -0.2) is 17.9 Å². The quantitative estimate of drug-likeness (QED) is 0.758. The number of carboxylic acid groups (broad SMARTS) is 1. The minimum atomic E-state index is -3.60. The number of hydrogen-bond donors (Lipinski definition) is 2. The summed E-state index contributed by atoms with van der Waals surface area (Å²) in [4.78, 5) is 25.2. The highest BCUT2D eigenvalue weighted by molar-refractivity contribution is 7.89. The van der Waals surface area contributed by atoms with E-state index < -0.39 is 27.9 Å². The Hall–Kier alpha value is -1.97. The Kier molecular flexibility index (Phi) is 5.58. The van der Waals surface area contributed by atoms with E-state index in [4.69, 9.17) is 4.74 Å². The molecule has 9 heteroatoms. The summed E-state index contributed by atoms with van der Waals surface area (Å²) in [6.07, 6.45) is -0.103. The number of nitrogens with zero attached hydrogens (tertiary/aromatic N) is 1. The van der Waals surface area contributed by atoms with Crippen molar-refractivity contribution in [3.05, 3.63) is 29.8 Å². The fraction of sp³-hybridized carbons (Fsp3) is 0.467. The molecule has 2 rings (SSSR count). The molecule has 1 saturated heterocycles. The summed E-state index contributed by atoms with van der Waals surface area (Å²) in [6.45, 7) is 2.11. The van der Waals surface area contributed by atoms with E-state index in [0.29, 0.717) is 0 Å². The van der Waals surface area contributed by atoms with Gasteiger partial charge in [0.05, 0.1) is 11.0 Å². The van der Waals surface area contributed by atoms with Gasteiger partial charge in [0.1, 0.15) is 6.04 Å². The van der Waals surface area contributed by atoms with Gasteiger partial charge in [0.15, 0.2) is 0 Å². The number of hydrogen-bond acceptors (Lipinski definition) is 5. The number of carbonyl (C=O) groups is 2. The van der Waals surface area contributed by atoms with Crippen molar-refractivity contribution >= 4 is 21.9 Å². The number of ether oxygens (including phenoxy) is 1. The Morgan fingerprint density at radius 1 is 1.33 bits per heavy atom. The molecule has 132 valence electrons. The van der Waals surface area contributed by atoms with E-state index in [1.54, 1.807) is 6.92 Å². The number of likely N-dealkylation sites (tertiary alicyclic amines) is 1. The van der Waals surface area contributed by atoms with Gasteiger partial charge < -0.3 is 14.7 Å². The lowest BCUT2D eigenvalue weighted by Gasteiger charge is -2.21. The first-order valence-corrected chi connectivity index (χ1v) is 8.94. The topological polar surface area (TPSA) is 113 Å². The molecule has 2 atom stereocenters. The molecular formula is C15H20N2O6S. The number of methoxy groups -OCH3 is 1. The molecule has 8 nitrogen and oxygen atoms in total. The van der Waals surface area contributed by atoms with E-state index in [2.05, 4.69) is 4.72 Å². The van der Waals surface area contributed by atoms with Crippen LogP contribution in [0.15, 0.2) is 29.2 Å². The van der Waals surface area contributed by atoms with E-state index in [9.17, 15) is 23.1 Å². The lowest BCUT2D eigenvalue weighted by atomic mass is 10.1. The number of rotatable bonds is 6. The number of carbonyl (C=O) groups excluding carboxylic acids is 1. The van der Waals surface area contributed by atoms with Crippen LogP contribution >= 0.6 is 0 Å². The molecule has 1 aromatic rings. The fourth-order valence-electron chi connectivity index (χ4n) is 2.64. The average molecular weight is 356 g/mol. The molecule has 1 aliphatic heterocycles. The van der Waals surface area contributed by atoms with Crippen LogP contribution in [0, 0.1) is 0 Å². The van der Waals surface area contributed by atoms with Crippen LogP contribution in [-0.2, 0) is 19.6 Å². The summed E-state index contributed by atoms with van der Waals surface area (Å²) in [7, 11) is -2.13. The Bertz CT molecular complexity index is 716. The van der Waals surface area contributed by atoms with Crippen LogP contribution in [0.2, 0.25) is 0 Å². The Morgan fingerprint density at radius 2 is 1.96 bits per heavy atom. The molecule has 2 unspecified atom stereocenters. The molecule has 0 saturated carbocycles. The van der Waals surface area contributed by atoms with Gasteiger partial charge in [0, 0.05) is 32.2 Å². The van der Waals surface area contributed by atoms with E-state index in [0.717, 1.165) is 0 Å². The highest BCUT2D eigenvalue weighted by Gasteiger charge is 2.40. The first-order valence-electron chi connectivity index (χ1n) is 7.46. The van der Waals surface area contributed by atoms with Crippen molar-refractivity contribution < 1.29 is 27.9 Å². The summed E-state index contributed by atoms with van der Waals surface area (Å²) >= 11 is 0. The Balaban J connectivity index is 2.22. The molecule has 0 spiro atoms. The van der Waals surface area contributed by atoms with Crippen LogP contribution in [0.1, 0.15) is 23.7 Å². The zero-order valence-corrected chi connectivity index (χ0v) is 14.2. The van der Waals surface area contributed by atoms with Gasteiger partial charge in [-0.1, -0.05) is 6.92 Å². The van der Waals surface area contributed by atoms with Crippen molar-refractivity contribution in [3.8, 4) is 0 Å². The van der Waals surface area contributed by atoms with Crippen molar-refractivity contribution in [2.75, 3.05) is 20.2 Å². The van der Waals surface area contributed by atoms with Crippen molar-refractivity contribution in [2.45, 2.75) is 30.4 Å². The van der Waals surface area contributed by atoms with Crippen LogP contribution in [-0.4, -0.2) is 62.6 Å². The predicted molar refractivity (Wildman–Crippen MR) is 85.2 cm³/mol. The highest BCUT2D eigenvalue weighted by Crippen LogP contribution is 2.23. The minimum absolute atomic E-state index is 0.0480. The second kappa shape index (κ2) is 7.29. The molecule has 1 fully saturated rings. The number of aliphatic carboxylic acids is 1. The van der Waals surface area contributed by atoms with Gasteiger partial charge >= 0.3 is 5.97 Å². The van der Waals surface area contributed by atoms with Crippen LogP contribution in [0.4, 0.5) is 0 Å². The molecule has 1 aromatic carbocycles. The summed E-state index contributed by atoms with van der Waals surface area (Å²) in [5.41, 5.74) is 0.230. The zero-order valence-electron chi connectivity index (χ0n) is 13.4. The molecule has 0 aliphatic carbocycles. The van der Waals surface area contributed by atoms with Gasteiger partial charge in [0.25, 0.3) is 5.91 Å². The van der Waals surface area contributed by atoms with Crippen LogP contribution in [0.5, 0.6) is 0 Å². The van der Waals surface area contributed by atoms with Crippen molar-refractivity contribution in [3.63, 3.8) is 0 Å². The van der Waals surface area contributed by atoms with Gasteiger partial charge in [0.2, 0.25) is 10.0 Å². The minimum Gasteiger partial charge on any atom is -0.480 e. The number of amides is 1. The predicted octanol–water partition coefficient (Wildman–Crippen LogP) is 0.299. The molecule has 0 radical (unpaired) electrons. The lowest BCUT2D eigenvalue weighted by Crippen LogP contribution is -2.40. The van der Waals surface area contributed by atoms with Gasteiger partial charge in [-0.2, -0.15) is 0 Å². The van der Waals surface area contributed by atoms with E-state index in [1.807, 2.05) is 0 Å². The standard InChI is InChI=1S/C15H20N2O6S/c1-3-16-24(21,22)12-6-4-10(5-7-12)14(18)17-9-11(23-2)8-13(17)15(19)20/h4-7,11,13,16H,3,8-9H2,1-2H3,(H,19,20). The van der Waals surface area contributed by atoms with E-state index >= 15 is 0 Å². The summed E-state index contributed by atoms with van der Waals surface area (Å²) in [5, 5.41) is 9.27. The van der Waals surface area contributed by atoms with Gasteiger partial charge in [-0.05, 0) is 24.3 Å². The smallest absolute Gasteiger partial charge is 0.326 e. The second-order valence-corrected chi connectivity index (χ2v) is 7.20. The SMILES string of the molecule is CCNS(=O)(=O)c1ccc(C(=O)N2CC(OC)CC2C(=O)O)cc1. The van der Waals surface area contributed by atoms with Crippen LogP contribution < -0.4 is 4.72 Å². The third-order valence-corrected chi connectivity index (χ3v) is 5.45. The Labute approximate surface area is 140 Å². The highest BCUT2D eigenvalue weighted by atomic mass is 32.2. The average Bonchev–Trinajstić information content (AvgIpc) is 2.99. The van der Waals surface area contributed by atoms with E-state index in [-0.39, 0.29) is 36.1 Å². The number of benzene rings is 1. The summed E-state index contributed by atoms with van der Waals surface area (Å²) in [5.74, 6) is -1.55. The van der Waals surface area contributed by atoms with Crippen LogP contribution in [0.25, 0.3) is 0 Å². The molecule has 2 N–H and O–H groups in total. The van der Waals surface area contributed by atoms with Crippen molar-refractivity contribution in [1.29, 1.82) is 0 Å². The number of sulfonamides is 1. The molecule has 1 aliphatic rings. The largest absolute Gasteiger partial charge is 0.480 e. The summed E-state index contributed by atoms with van der Waals surface area (Å²) < 4.78 is 31.3. The zero-order chi connectivity index (χ0) is 17.9. The first-order chi connectivity index (χ1) is 11.3. The Morgan fingerprint density at radius 3 is 2.46 bits per heavy atom. The number of carboxylic acids is 1. The van der Waals surface area contributed by atoms with E-state index in [1.165, 1.54) is 36.3 Å². The molecule has 1 amide bonds. The van der Waals surface area contributed by atoms with Gasteiger partial charge in [-0.15, -0.1) is 0 Å². The normalized spacial score (nSPS) is 21.0. The maximum atomic E-state index is 12.6. The molecule has 0 aromatic heterocycles. The fourth-order valence-corrected chi connectivity index (χ4v) is 3.68. The lowest BCUT2D eigenvalue weighted by molar-refractivity contribution is -0.141. The third kappa shape index (κ3) is 3.74. The molecule has 24 heavy (non-hydrogen) atoms. The summed E-state index contributed by atoms with van der Waals surface area (Å²) in [6, 6.07) is 4.46. The monoisotopic (exact) mass is 356 g/mol. The maximum Gasteiger partial charge on any atom is 0.326 e. The molecular weight excluding hydrogens is 336 g/mol. The number of nitrogens with one attached hydrogen (secondary N) is 1. The first kappa shape index (κ1) is 18.4. The van der Waals surface area contributed by atoms with Crippen molar-refractivity contribution in [1.82, 2.24) is 9.62 Å². The van der Waals surface area contributed by atoms with Crippen LogP contribution in [0.3, 0.4) is 0 Å². The maximum absolute atomic E-state index is 12.6. The third-order valence-electron chi connectivity index (χ3n) is 3.89. The van der Waals surface area contributed by atoms with Gasteiger partial charge in [-0.3, -0.25) is 4.79 Å². The molecule has 0 bridgehead atoms. The second-order valence-electron chi connectivity index (χ2n) is 5.43. The van der Waals surface area contributed by atoms with Crippen molar-refractivity contribution in [2.24, 2.45) is 0 Å². The molecule has 1 heterocycles.